The van der Waals surface area contributed by atoms with E-state index in [-0.39, 0.29) is 112 Å². The summed E-state index contributed by atoms with van der Waals surface area (Å²) < 4.78 is 20.7. The SMILES string of the molecule is CC(C)(C)[Si](C)(C)OCCN(C(=O)c1c(Cl)ncnc1Cl)c1ccc2ncn(Cc3ccccc3)c(=O)c2c1.CC(C)(C)[Si](C)(C)OCCNc1ccc2ncn(Cc3ccccc3)c(=O)c2c1.O=C(Cl)c1c(Cl)ncnc1Cl.O=C(c1c(Cl)ncnc1Cl)N(CCO)c1ccc2ncn(Cc3ccccc3)c(=O)c2c1.O=c1[nH]cnc2ccc(Br)cc12.O=c1c2cc(Br)ccc2ncn1Cc1ccccc1. The molecule has 9 aromatic carbocycles. The van der Waals surface area contributed by atoms with Crippen molar-refractivity contribution in [2.75, 3.05) is 54.6 Å². The second-order valence-corrected chi connectivity index (χ2v) is 48.8. The predicted molar refractivity (Wildman–Crippen MR) is 576 cm³/mol. The number of aliphatic hydroxyl groups is 1. The van der Waals surface area contributed by atoms with E-state index in [0.29, 0.717) is 99.7 Å². The molecule has 0 bridgehead atoms. The summed E-state index contributed by atoms with van der Waals surface area (Å²) in [6.45, 7) is 25.2. The van der Waals surface area contributed by atoms with Crippen LogP contribution in [-0.4, -0.2) is 156 Å². The maximum atomic E-state index is 13.8. The van der Waals surface area contributed by atoms with E-state index in [1.807, 2.05) is 164 Å². The minimum absolute atomic E-state index is 0.000179. The molecule has 3 N–H and O–H groups in total. The normalized spacial score (nSPS) is 11.4. The number of amides is 2. The fourth-order valence-electron chi connectivity index (χ4n) is 13.6. The number of H-pyrrole nitrogens is 1. The highest BCUT2D eigenvalue weighted by Crippen LogP contribution is 2.39. The van der Waals surface area contributed by atoms with Crippen LogP contribution in [0.15, 0.2) is 296 Å². The van der Waals surface area contributed by atoms with E-state index in [4.69, 9.17) is 90.1 Å². The lowest BCUT2D eigenvalue weighted by molar-refractivity contribution is 0.0973. The van der Waals surface area contributed by atoms with Gasteiger partial charge in [0.1, 0.15) is 66.6 Å². The van der Waals surface area contributed by atoms with Crippen molar-refractivity contribution in [1.29, 1.82) is 0 Å². The molecule has 0 unspecified atom stereocenters. The predicted octanol–water partition coefficient (Wildman–Crippen LogP) is 21.3. The fraction of sp³-hybridized carbons (Fsp3) is 0.218. The summed E-state index contributed by atoms with van der Waals surface area (Å²) in [5, 5.41) is 14.5. The lowest BCUT2D eigenvalue weighted by atomic mass is 10.1. The first-order chi connectivity index (χ1) is 67.7. The van der Waals surface area contributed by atoms with E-state index in [1.54, 1.807) is 74.9 Å². The maximum absolute atomic E-state index is 13.8. The van der Waals surface area contributed by atoms with Gasteiger partial charge in [0, 0.05) is 45.6 Å². The van der Waals surface area contributed by atoms with Crippen molar-refractivity contribution in [3.8, 4) is 0 Å². The first kappa shape index (κ1) is 108. The van der Waals surface area contributed by atoms with Crippen molar-refractivity contribution < 1.29 is 28.3 Å². The Balaban J connectivity index is 0.000000159. The van der Waals surface area contributed by atoms with Gasteiger partial charge >= 0.3 is 0 Å². The summed E-state index contributed by atoms with van der Waals surface area (Å²) in [6.07, 6.45) is 11.1. The van der Waals surface area contributed by atoms with Gasteiger partial charge < -0.3 is 34.1 Å². The number of fused-ring (bicyclic) bond motifs is 5. The molecule has 0 fully saturated rings. The largest absolute Gasteiger partial charge is 0.415 e. The van der Waals surface area contributed by atoms with Crippen LogP contribution in [0, 0.1) is 0 Å². The quantitative estimate of drug-likeness (QED) is 0.0219. The monoisotopic (exact) mass is 2210 g/mol. The Morgan fingerprint density at radius 1 is 0.394 bits per heavy atom. The molecule has 8 heterocycles. The van der Waals surface area contributed by atoms with Gasteiger partial charge in [0.2, 0.25) is 0 Å². The van der Waals surface area contributed by atoms with E-state index in [0.717, 1.165) is 55.1 Å². The molecule has 17 rings (SSSR count). The second kappa shape index (κ2) is 49.6. The number of halogens is 9. The van der Waals surface area contributed by atoms with Crippen LogP contribution in [0.1, 0.15) is 94.9 Å². The van der Waals surface area contributed by atoms with E-state index >= 15 is 0 Å². The molecule has 0 aliphatic carbocycles. The molecule has 0 aliphatic heterocycles. The van der Waals surface area contributed by atoms with E-state index in [2.05, 4.69) is 165 Å². The second-order valence-electron chi connectivity index (χ2n) is 34.9. The average Bonchev–Trinajstić information content (AvgIpc) is 0.809. The summed E-state index contributed by atoms with van der Waals surface area (Å²) in [7, 11) is -3.83. The highest BCUT2D eigenvalue weighted by molar-refractivity contribution is 9.10. The van der Waals surface area contributed by atoms with Gasteiger partial charge in [-0.2, -0.15) is 0 Å². The molecule has 732 valence electrons. The van der Waals surface area contributed by atoms with Crippen LogP contribution in [0.25, 0.3) is 54.5 Å². The molecule has 30 nitrogen and oxygen atoms in total. The van der Waals surface area contributed by atoms with Gasteiger partial charge in [-0.05, 0) is 161 Å². The number of benzene rings is 9. The molecule has 0 saturated heterocycles. The zero-order chi connectivity index (χ0) is 102. The van der Waals surface area contributed by atoms with Crippen LogP contribution in [0.3, 0.4) is 0 Å². The van der Waals surface area contributed by atoms with Crippen LogP contribution in [0.4, 0.5) is 17.1 Å². The van der Waals surface area contributed by atoms with Crippen LogP contribution in [0.5, 0.6) is 0 Å². The van der Waals surface area contributed by atoms with Gasteiger partial charge in [-0.25, -0.2) is 54.8 Å². The van der Waals surface area contributed by atoms with Crippen molar-refractivity contribution in [3.63, 3.8) is 0 Å². The van der Waals surface area contributed by atoms with Crippen LogP contribution in [0.2, 0.25) is 67.2 Å². The summed E-state index contributed by atoms with van der Waals surface area (Å²) >= 11 is 47.4. The van der Waals surface area contributed by atoms with Crippen LogP contribution in [-0.2, 0) is 35.0 Å². The highest BCUT2D eigenvalue weighted by Gasteiger charge is 2.39. The number of rotatable bonds is 24. The molecule has 41 heteroatoms. The van der Waals surface area contributed by atoms with E-state index in [9.17, 15) is 43.5 Å². The van der Waals surface area contributed by atoms with Gasteiger partial charge in [0.15, 0.2) is 16.6 Å². The minimum Gasteiger partial charge on any atom is -0.415 e. The Bertz CT molecular complexity index is 7650. The van der Waals surface area contributed by atoms with Crippen LogP contribution < -0.4 is 42.9 Å². The maximum Gasteiger partial charge on any atom is 0.264 e. The number of aromatic amines is 1. The van der Waals surface area contributed by atoms with Crippen molar-refractivity contribution in [1.82, 2.24) is 78.1 Å². The Hall–Kier alpha value is -12.4. The molecular formula is C101H96Br2Cl7N19O11Si2. The lowest BCUT2D eigenvalue weighted by Gasteiger charge is -2.37. The zero-order valence-electron chi connectivity index (χ0n) is 78.4. The summed E-state index contributed by atoms with van der Waals surface area (Å²) in [4.78, 5) is 150. The summed E-state index contributed by atoms with van der Waals surface area (Å²) in [5.41, 5.74) is 8.24. The summed E-state index contributed by atoms with van der Waals surface area (Å²) in [6, 6.07) is 65.7. The molecule has 0 radical (unpaired) electrons. The number of carbonyl (C=O) groups excluding carboxylic acids is 3. The van der Waals surface area contributed by atoms with Gasteiger partial charge in [-0.3, -0.25) is 56.6 Å². The summed E-state index contributed by atoms with van der Waals surface area (Å²) in [5.74, 6) is -1.08. The first-order valence-electron chi connectivity index (χ1n) is 44.0. The van der Waals surface area contributed by atoms with Crippen molar-refractivity contribution in [2.45, 2.75) is 104 Å². The highest BCUT2D eigenvalue weighted by atomic mass is 79.9. The molecule has 17 aromatic rings. The number of hydrogen-bond acceptors (Lipinski definition) is 23. The molecule has 8 aromatic heterocycles. The molecular weight excluding hydrogens is 2120 g/mol. The van der Waals surface area contributed by atoms with Gasteiger partial charge in [-0.15, -0.1) is 0 Å². The molecule has 0 atom stereocenters. The third-order valence-corrected chi connectivity index (χ3v) is 35.2. The topological polar surface area (TPSA) is 371 Å². The van der Waals surface area contributed by atoms with Crippen molar-refractivity contribution in [2.24, 2.45) is 0 Å². The number of hydrogen-bond donors (Lipinski definition) is 3. The number of aliphatic hydroxyl groups excluding tert-OH is 1. The van der Waals surface area contributed by atoms with Crippen LogP contribution >= 0.6 is 113 Å². The van der Waals surface area contributed by atoms with Crippen molar-refractivity contribution >= 4 is 218 Å². The Morgan fingerprint density at radius 2 is 0.704 bits per heavy atom. The minimum atomic E-state index is -2.08. The van der Waals surface area contributed by atoms with Gasteiger partial charge in [0.05, 0.1) is 132 Å². The van der Waals surface area contributed by atoms with E-state index < -0.39 is 33.7 Å². The molecule has 0 aliphatic rings. The van der Waals surface area contributed by atoms with Gasteiger partial charge in [0.25, 0.3) is 44.9 Å². The average molecular weight is 2220 g/mol. The Labute approximate surface area is 869 Å². The number of nitrogens with zero attached hydrogens (tertiary/aromatic N) is 17. The fourth-order valence-corrected chi connectivity index (χ4v) is 18.1. The molecule has 2 amide bonds. The Kier molecular flexibility index (Phi) is 37.8. The lowest BCUT2D eigenvalue weighted by Crippen LogP contribution is -2.43. The van der Waals surface area contributed by atoms with Crippen molar-refractivity contribution in [3.05, 3.63) is 394 Å². The zero-order valence-corrected chi connectivity index (χ0v) is 88.9. The first-order valence-corrected chi connectivity index (χ1v) is 54.1. The number of carbonyl (C=O) groups is 3. The number of aromatic nitrogens is 16. The smallest absolute Gasteiger partial charge is 0.264 e. The standard InChI is InChI=1S/C28H31Cl2N5O3Si.C23H31N3O2Si.C22H17Cl2N5O3.C15H11BrN2O.C8H5BrN2O.C5HCl3N2O/c1-28(2,3)39(4,5)38-14-13-35(27(37)23-24(29)31-17-32-25(23)30)20-11-12-22-21(15-20)26(36)34(18-33-22)16-19-9-7-6-8-10-19;1-23(2,3)29(4,5)28-14-13-24-19-11-12-21-20(15-19)22(27)26(17-25-21)16-18-9-7-6-8-10-18;23-19-18(20(24)26-12-25-19)22(32)29(8-9-30)15-6-7-17-16(10-15)21(31)28(13-27-17)11-14-4-2-1-3-5-14;16-12-6-7-14-13(8-12)15(19)18(10-17-14)9-11-4-2-1-3-5-11;9-5-1-2-7-6(3-5)8(12)11-4-10-7;6-3-2(5(8)11)4(7)10-1-9-3/h6-12,15,17-18H,13-14,16H2,1-5H3;6-12,15,17,24H,13-14,16H2,1-5H3;1-7,10,12-13,30H,8-9,11H2;1-8,10H,9H2;1-4H,(H,10,11,12);1H. The molecule has 0 spiro atoms. The number of anilines is 3. The van der Waals surface area contributed by atoms with E-state index in [1.165, 1.54) is 39.7 Å². The Morgan fingerprint density at radius 3 is 1.05 bits per heavy atom. The third-order valence-electron chi connectivity index (χ3n) is 23.2. The molecule has 0 saturated carbocycles. The number of nitrogens with one attached hydrogen (secondary N) is 2. The van der Waals surface area contributed by atoms with Gasteiger partial charge in [-0.1, -0.05) is 264 Å². The molecule has 142 heavy (non-hydrogen) atoms. The third kappa shape index (κ3) is 28.4.